The van der Waals surface area contributed by atoms with Crippen LogP contribution >= 0.6 is 0 Å². The number of amides is 2. The maximum Gasteiger partial charge on any atom is 0.336 e. The first kappa shape index (κ1) is 19.0. The number of furan rings is 1. The fourth-order valence-corrected chi connectivity index (χ4v) is 2.71. The summed E-state index contributed by atoms with van der Waals surface area (Å²) in [4.78, 5) is 35.4. The second-order valence-electron chi connectivity index (χ2n) is 6.30. The molecule has 0 saturated heterocycles. The van der Waals surface area contributed by atoms with Crippen molar-refractivity contribution in [2.24, 2.45) is 0 Å². The Kier molecular flexibility index (Phi) is 5.29. The van der Waals surface area contributed by atoms with Crippen molar-refractivity contribution in [3.05, 3.63) is 89.2 Å². The lowest BCUT2D eigenvalue weighted by Crippen LogP contribution is -2.20. The molecule has 2 amide bonds. The third kappa shape index (κ3) is 4.56. The van der Waals surface area contributed by atoms with Gasteiger partial charge in [0.15, 0.2) is 12.4 Å². The quantitative estimate of drug-likeness (QED) is 0.475. The van der Waals surface area contributed by atoms with Crippen LogP contribution in [0, 0.1) is 0 Å². The average Bonchev–Trinajstić information content (AvgIpc) is 3.28. The highest BCUT2D eigenvalue weighted by atomic mass is 16.5. The Morgan fingerprint density at radius 2 is 1.63 bits per heavy atom. The number of carbonyl (C=O) groups excluding carboxylic acids is 2. The van der Waals surface area contributed by atoms with Crippen molar-refractivity contribution in [1.29, 1.82) is 0 Å². The molecule has 4 aromatic rings. The highest BCUT2D eigenvalue weighted by molar-refractivity contribution is 6.02. The zero-order valence-electron chi connectivity index (χ0n) is 15.6. The van der Waals surface area contributed by atoms with Crippen LogP contribution in [0.15, 0.2) is 86.6 Å². The lowest BCUT2D eigenvalue weighted by Gasteiger charge is -2.09. The van der Waals surface area contributed by atoms with E-state index in [1.54, 1.807) is 60.7 Å². The van der Waals surface area contributed by atoms with Crippen LogP contribution < -0.4 is 21.0 Å². The van der Waals surface area contributed by atoms with Crippen LogP contribution in [0.4, 0.5) is 11.4 Å². The number of anilines is 2. The van der Waals surface area contributed by atoms with E-state index in [0.717, 1.165) is 5.39 Å². The summed E-state index contributed by atoms with van der Waals surface area (Å²) in [6.07, 6.45) is 1.42. The zero-order chi connectivity index (χ0) is 20.9. The molecule has 0 aliphatic carbocycles. The van der Waals surface area contributed by atoms with E-state index >= 15 is 0 Å². The van der Waals surface area contributed by atoms with Crippen molar-refractivity contribution in [3.8, 4) is 5.75 Å². The van der Waals surface area contributed by atoms with E-state index in [2.05, 4.69) is 10.6 Å². The summed E-state index contributed by atoms with van der Waals surface area (Å²) < 4.78 is 15.6. The zero-order valence-corrected chi connectivity index (χ0v) is 15.6. The van der Waals surface area contributed by atoms with Gasteiger partial charge in [0.1, 0.15) is 11.3 Å². The van der Waals surface area contributed by atoms with Gasteiger partial charge in [-0.25, -0.2) is 4.79 Å². The van der Waals surface area contributed by atoms with Gasteiger partial charge in [-0.15, -0.1) is 0 Å². The van der Waals surface area contributed by atoms with E-state index in [1.807, 2.05) is 0 Å². The van der Waals surface area contributed by atoms with Crippen molar-refractivity contribution in [2.45, 2.75) is 0 Å². The molecular weight excluding hydrogens is 388 g/mol. The number of benzene rings is 2. The van der Waals surface area contributed by atoms with E-state index in [-0.39, 0.29) is 24.2 Å². The molecule has 0 fully saturated rings. The van der Waals surface area contributed by atoms with Crippen molar-refractivity contribution in [1.82, 2.24) is 0 Å². The minimum Gasteiger partial charge on any atom is -0.484 e. The molecule has 0 atom stereocenters. The van der Waals surface area contributed by atoms with Gasteiger partial charge in [0.05, 0.1) is 6.26 Å². The van der Waals surface area contributed by atoms with Crippen LogP contribution in [-0.4, -0.2) is 18.4 Å². The van der Waals surface area contributed by atoms with E-state index in [9.17, 15) is 14.4 Å². The SMILES string of the molecule is O=C(COc1ccc2ccc(=O)oc2c1)Nc1ccc(NC(=O)c2ccco2)cc1. The summed E-state index contributed by atoms with van der Waals surface area (Å²) in [5.41, 5.74) is 1.03. The minimum atomic E-state index is -0.457. The van der Waals surface area contributed by atoms with Gasteiger partial charge < -0.3 is 24.2 Å². The van der Waals surface area contributed by atoms with Crippen LogP contribution in [-0.2, 0) is 4.79 Å². The third-order valence-electron chi connectivity index (χ3n) is 4.14. The number of fused-ring (bicyclic) bond motifs is 1. The molecule has 0 spiro atoms. The van der Waals surface area contributed by atoms with Crippen LogP contribution in [0.3, 0.4) is 0 Å². The second kappa shape index (κ2) is 8.36. The van der Waals surface area contributed by atoms with Gasteiger partial charge in [-0.2, -0.15) is 0 Å². The molecule has 0 saturated carbocycles. The van der Waals surface area contributed by atoms with Gasteiger partial charge in [0.25, 0.3) is 11.8 Å². The van der Waals surface area contributed by atoms with Gasteiger partial charge in [-0.1, -0.05) is 0 Å². The molecule has 0 aliphatic rings. The Hall–Kier alpha value is -4.33. The molecule has 4 rings (SSSR count). The number of nitrogens with one attached hydrogen (secondary N) is 2. The Morgan fingerprint density at radius 1 is 0.900 bits per heavy atom. The Bertz CT molecular complexity index is 1240. The second-order valence-corrected chi connectivity index (χ2v) is 6.30. The number of ether oxygens (including phenoxy) is 1. The highest BCUT2D eigenvalue weighted by Crippen LogP contribution is 2.20. The monoisotopic (exact) mass is 404 g/mol. The number of carbonyl (C=O) groups is 2. The molecule has 0 radical (unpaired) electrons. The topological polar surface area (TPSA) is 111 Å². The summed E-state index contributed by atoms with van der Waals surface area (Å²) in [7, 11) is 0. The number of hydrogen-bond donors (Lipinski definition) is 2. The summed E-state index contributed by atoms with van der Waals surface area (Å²) in [6.45, 7) is -0.223. The summed E-state index contributed by atoms with van der Waals surface area (Å²) in [5, 5.41) is 6.14. The summed E-state index contributed by atoms with van der Waals surface area (Å²) in [5.74, 6) is -0.117. The summed E-state index contributed by atoms with van der Waals surface area (Å²) >= 11 is 0. The largest absolute Gasteiger partial charge is 0.484 e. The minimum absolute atomic E-state index is 0.206. The molecule has 2 heterocycles. The molecule has 150 valence electrons. The fraction of sp³-hybridized carbons (Fsp3) is 0.0455. The smallest absolute Gasteiger partial charge is 0.336 e. The standard InChI is InChI=1S/C22H16N2O6/c25-20(13-29-17-9-3-14-4-10-21(26)30-19(14)12-17)23-15-5-7-16(8-6-15)24-22(27)18-2-1-11-28-18/h1-12H,13H2,(H,23,25)(H,24,27). The third-order valence-corrected chi connectivity index (χ3v) is 4.14. The van der Waals surface area contributed by atoms with Crippen molar-refractivity contribution < 1.29 is 23.2 Å². The molecule has 8 heteroatoms. The molecule has 2 N–H and O–H groups in total. The van der Waals surface area contributed by atoms with E-state index in [4.69, 9.17) is 13.6 Å². The normalized spacial score (nSPS) is 10.5. The predicted molar refractivity (Wildman–Crippen MR) is 110 cm³/mol. The fourth-order valence-electron chi connectivity index (χ4n) is 2.71. The van der Waals surface area contributed by atoms with Crippen LogP contribution in [0.2, 0.25) is 0 Å². The maximum atomic E-state index is 12.1. The van der Waals surface area contributed by atoms with Gasteiger partial charge in [0.2, 0.25) is 0 Å². The van der Waals surface area contributed by atoms with E-state index in [1.165, 1.54) is 12.3 Å². The van der Waals surface area contributed by atoms with E-state index in [0.29, 0.717) is 22.7 Å². The van der Waals surface area contributed by atoms with Gasteiger partial charge >= 0.3 is 5.63 Å². The molecular formula is C22H16N2O6. The molecule has 8 nitrogen and oxygen atoms in total. The van der Waals surface area contributed by atoms with Crippen molar-refractivity contribution in [2.75, 3.05) is 17.2 Å². The Morgan fingerprint density at radius 3 is 2.37 bits per heavy atom. The van der Waals surface area contributed by atoms with Crippen LogP contribution in [0.25, 0.3) is 11.0 Å². The first-order chi connectivity index (χ1) is 14.6. The van der Waals surface area contributed by atoms with Gasteiger partial charge in [0, 0.05) is 28.9 Å². The van der Waals surface area contributed by atoms with Crippen LogP contribution in [0.1, 0.15) is 10.6 Å². The molecule has 2 aromatic carbocycles. The molecule has 2 aromatic heterocycles. The molecule has 0 unspecified atom stereocenters. The maximum absolute atomic E-state index is 12.1. The lowest BCUT2D eigenvalue weighted by molar-refractivity contribution is -0.118. The number of rotatable bonds is 6. The molecule has 0 aliphatic heterocycles. The first-order valence-electron chi connectivity index (χ1n) is 8.98. The Labute approximate surface area is 170 Å². The van der Waals surface area contributed by atoms with Crippen molar-refractivity contribution >= 4 is 34.2 Å². The summed E-state index contributed by atoms with van der Waals surface area (Å²) in [6, 6.07) is 17.8. The number of hydrogen-bond acceptors (Lipinski definition) is 6. The lowest BCUT2D eigenvalue weighted by atomic mass is 10.2. The Balaban J connectivity index is 1.31. The molecule has 30 heavy (non-hydrogen) atoms. The van der Waals surface area contributed by atoms with Crippen LogP contribution in [0.5, 0.6) is 5.75 Å². The van der Waals surface area contributed by atoms with E-state index < -0.39 is 5.63 Å². The highest BCUT2D eigenvalue weighted by Gasteiger charge is 2.09. The van der Waals surface area contributed by atoms with Gasteiger partial charge in [-0.05, 0) is 54.6 Å². The van der Waals surface area contributed by atoms with Gasteiger partial charge in [-0.3, -0.25) is 9.59 Å². The van der Waals surface area contributed by atoms with Crippen molar-refractivity contribution in [3.63, 3.8) is 0 Å². The average molecular weight is 404 g/mol. The first-order valence-corrected chi connectivity index (χ1v) is 8.98. The predicted octanol–water partition coefficient (Wildman–Crippen LogP) is 3.66. The molecule has 0 bridgehead atoms.